The van der Waals surface area contributed by atoms with Crippen molar-refractivity contribution < 1.29 is 4.42 Å². The molecule has 0 bridgehead atoms. The highest BCUT2D eigenvalue weighted by Gasteiger charge is 2.43. The van der Waals surface area contributed by atoms with E-state index in [9.17, 15) is 0 Å². The van der Waals surface area contributed by atoms with Crippen molar-refractivity contribution >= 4 is 79.2 Å². The Balaban J connectivity index is 1.10. The second-order valence-corrected chi connectivity index (χ2v) is 13.7. The Morgan fingerprint density at radius 1 is 0.385 bits per heavy atom. The fraction of sp³-hybridized carbons (Fsp3) is 0. The summed E-state index contributed by atoms with van der Waals surface area (Å²) in [5, 5.41) is 2.30. The highest BCUT2D eigenvalue weighted by atomic mass is 16.3. The molecule has 0 radical (unpaired) electrons. The molecule has 0 N–H and O–H groups in total. The zero-order chi connectivity index (χ0) is 34.2. The third-order valence-corrected chi connectivity index (χ3v) is 10.9. The summed E-state index contributed by atoms with van der Waals surface area (Å²) in [5.74, 6) is 0. The lowest BCUT2D eigenvalue weighted by molar-refractivity contribution is 0.669. The van der Waals surface area contributed by atoms with Crippen molar-refractivity contribution in [1.82, 2.24) is 0 Å². The maximum absolute atomic E-state index is 6.23. The Kier molecular flexibility index (Phi) is 6.35. The average molecular weight is 663 g/mol. The van der Waals surface area contributed by atoms with E-state index >= 15 is 0 Å². The summed E-state index contributed by atoms with van der Waals surface area (Å²) in [6.07, 6.45) is 0. The van der Waals surface area contributed by atoms with Crippen molar-refractivity contribution in [2.45, 2.75) is 0 Å². The second-order valence-electron chi connectivity index (χ2n) is 13.7. The minimum atomic E-state index is 0.0760. The van der Waals surface area contributed by atoms with Crippen LogP contribution in [0.25, 0.3) is 44.2 Å². The molecular formula is C48H31BN2O. The number of rotatable bonds is 4. The van der Waals surface area contributed by atoms with Gasteiger partial charge in [0.15, 0.2) is 0 Å². The third-order valence-electron chi connectivity index (χ3n) is 10.9. The van der Waals surface area contributed by atoms with Crippen LogP contribution in [0.4, 0.5) is 34.1 Å². The fourth-order valence-electron chi connectivity index (χ4n) is 8.62. The Hall–Kier alpha value is -6.78. The molecule has 8 aromatic carbocycles. The van der Waals surface area contributed by atoms with Gasteiger partial charge in [-0.05, 0) is 93.7 Å². The van der Waals surface area contributed by atoms with Crippen LogP contribution in [0.3, 0.4) is 0 Å². The molecule has 0 amide bonds. The van der Waals surface area contributed by atoms with Crippen molar-refractivity contribution in [3.05, 3.63) is 188 Å². The first kappa shape index (κ1) is 29.0. The van der Waals surface area contributed by atoms with Gasteiger partial charge < -0.3 is 14.2 Å². The van der Waals surface area contributed by atoms with Crippen LogP contribution < -0.4 is 26.2 Å². The summed E-state index contributed by atoms with van der Waals surface area (Å²) < 4.78 is 6.23. The smallest absolute Gasteiger partial charge is 0.252 e. The molecule has 9 aromatic rings. The van der Waals surface area contributed by atoms with E-state index in [1.807, 2.05) is 12.1 Å². The van der Waals surface area contributed by atoms with Gasteiger partial charge in [-0.3, -0.25) is 0 Å². The first-order chi connectivity index (χ1) is 25.8. The van der Waals surface area contributed by atoms with Crippen LogP contribution in [0.15, 0.2) is 192 Å². The van der Waals surface area contributed by atoms with Gasteiger partial charge in [0.05, 0.1) is 0 Å². The lowest BCUT2D eigenvalue weighted by Gasteiger charge is -2.44. The van der Waals surface area contributed by atoms with E-state index in [1.165, 1.54) is 50.3 Å². The van der Waals surface area contributed by atoms with Crippen LogP contribution in [-0.4, -0.2) is 6.71 Å². The van der Waals surface area contributed by atoms with E-state index in [4.69, 9.17) is 4.42 Å². The minimum Gasteiger partial charge on any atom is -0.456 e. The molecule has 52 heavy (non-hydrogen) atoms. The average Bonchev–Trinajstić information content (AvgIpc) is 3.59. The molecule has 0 saturated heterocycles. The van der Waals surface area contributed by atoms with Crippen LogP contribution in [-0.2, 0) is 0 Å². The molecule has 2 aliphatic rings. The van der Waals surface area contributed by atoms with Crippen molar-refractivity contribution in [2.24, 2.45) is 0 Å². The highest BCUT2D eigenvalue weighted by molar-refractivity contribution is 7.00. The molecule has 0 fully saturated rings. The standard InChI is InChI=1S/C48H31BN2O/c1-3-13-35(14-4-1)50-42-21-9-8-19-40(42)49-41-20-11-18-37(48(41)51(36-15-5-2-6-16-36)44-23-12-22-43(50)47(44)49)33-27-25-32(26-28-33)34-29-30-39-38-17-7-10-24-45(38)52-46(39)31-34/h1-31H. The number of nitrogens with zero attached hydrogens (tertiary/aromatic N) is 2. The molecule has 1 aromatic heterocycles. The van der Waals surface area contributed by atoms with Gasteiger partial charge in [-0.1, -0.05) is 127 Å². The van der Waals surface area contributed by atoms with Crippen molar-refractivity contribution in [3.8, 4) is 22.3 Å². The molecule has 11 rings (SSSR count). The topological polar surface area (TPSA) is 19.6 Å². The number of furan rings is 1. The SMILES string of the molecule is c1ccc(N2c3ccccc3B3c4cccc(-c5ccc(-c6ccc7c(c6)oc6ccccc67)cc5)c4N(c4ccccc4)c4cccc2c43)cc1. The number of hydrogen-bond donors (Lipinski definition) is 0. The highest BCUT2D eigenvalue weighted by Crippen LogP contribution is 2.46. The Labute approximate surface area is 302 Å². The van der Waals surface area contributed by atoms with Crippen molar-refractivity contribution in [3.63, 3.8) is 0 Å². The zero-order valence-corrected chi connectivity index (χ0v) is 28.3. The molecule has 0 saturated carbocycles. The molecule has 2 aliphatic heterocycles. The first-order valence-electron chi connectivity index (χ1n) is 17.9. The maximum Gasteiger partial charge on any atom is 0.252 e. The predicted molar refractivity (Wildman–Crippen MR) is 219 cm³/mol. The lowest BCUT2D eigenvalue weighted by Crippen LogP contribution is -2.61. The first-order valence-corrected chi connectivity index (χ1v) is 17.9. The molecule has 0 unspecified atom stereocenters. The molecular weight excluding hydrogens is 631 g/mol. The number of anilines is 6. The molecule has 242 valence electrons. The molecule has 3 heterocycles. The van der Waals surface area contributed by atoms with Crippen LogP contribution in [0.1, 0.15) is 0 Å². The molecule has 0 spiro atoms. The lowest BCUT2D eigenvalue weighted by atomic mass is 9.33. The van der Waals surface area contributed by atoms with Gasteiger partial charge in [0.1, 0.15) is 11.2 Å². The minimum absolute atomic E-state index is 0.0760. The van der Waals surface area contributed by atoms with Gasteiger partial charge in [-0.15, -0.1) is 0 Å². The quantitative estimate of drug-likeness (QED) is 0.175. The van der Waals surface area contributed by atoms with Crippen LogP contribution in [0.5, 0.6) is 0 Å². The second kappa shape index (κ2) is 11.4. The van der Waals surface area contributed by atoms with Crippen molar-refractivity contribution in [2.75, 3.05) is 9.80 Å². The predicted octanol–water partition coefficient (Wildman–Crippen LogP) is 11.0. The van der Waals surface area contributed by atoms with E-state index < -0.39 is 0 Å². The van der Waals surface area contributed by atoms with Crippen LogP contribution >= 0.6 is 0 Å². The largest absolute Gasteiger partial charge is 0.456 e. The summed E-state index contributed by atoms with van der Waals surface area (Å²) in [6, 6.07) is 68.0. The summed E-state index contributed by atoms with van der Waals surface area (Å²) in [4.78, 5) is 4.92. The summed E-state index contributed by atoms with van der Waals surface area (Å²) in [6.45, 7) is 0.0760. The summed E-state index contributed by atoms with van der Waals surface area (Å²) in [7, 11) is 0. The van der Waals surface area contributed by atoms with Crippen LogP contribution in [0, 0.1) is 0 Å². The normalized spacial score (nSPS) is 12.9. The third kappa shape index (κ3) is 4.28. The van der Waals surface area contributed by atoms with Gasteiger partial charge >= 0.3 is 0 Å². The maximum atomic E-state index is 6.23. The van der Waals surface area contributed by atoms with Gasteiger partial charge in [-0.25, -0.2) is 0 Å². The number of fused-ring (bicyclic) bond motifs is 7. The summed E-state index contributed by atoms with van der Waals surface area (Å²) in [5.41, 5.74) is 17.6. The van der Waals surface area contributed by atoms with E-state index in [-0.39, 0.29) is 6.71 Å². The van der Waals surface area contributed by atoms with E-state index in [1.54, 1.807) is 0 Å². The summed E-state index contributed by atoms with van der Waals surface area (Å²) >= 11 is 0. The van der Waals surface area contributed by atoms with Gasteiger partial charge in [0.2, 0.25) is 0 Å². The van der Waals surface area contributed by atoms with E-state index in [0.717, 1.165) is 44.4 Å². The Bertz CT molecular complexity index is 2810. The monoisotopic (exact) mass is 662 g/mol. The van der Waals surface area contributed by atoms with E-state index in [2.05, 4.69) is 186 Å². The van der Waals surface area contributed by atoms with Crippen LogP contribution in [0.2, 0.25) is 0 Å². The fourth-order valence-corrected chi connectivity index (χ4v) is 8.62. The molecule has 3 nitrogen and oxygen atoms in total. The number of para-hydroxylation sites is 5. The van der Waals surface area contributed by atoms with Gasteiger partial charge in [-0.2, -0.15) is 0 Å². The number of benzene rings is 8. The van der Waals surface area contributed by atoms with E-state index in [0.29, 0.717) is 0 Å². The molecule has 4 heteroatoms. The van der Waals surface area contributed by atoms with Crippen molar-refractivity contribution in [1.29, 1.82) is 0 Å². The Morgan fingerprint density at radius 2 is 0.962 bits per heavy atom. The van der Waals surface area contributed by atoms with Gasteiger partial charge in [0, 0.05) is 50.5 Å². The number of hydrogen-bond acceptors (Lipinski definition) is 3. The molecule has 0 atom stereocenters. The zero-order valence-electron chi connectivity index (χ0n) is 28.3. The Morgan fingerprint density at radius 3 is 1.77 bits per heavy atom. The molecule has 0 aliphatic carbocycles. The van der Waals surface area contributed by atoms with Gasteiger partial charge in [0.25, 0.3) is 6.71 Å².